The van der Waals surface area contributed by atoms with E-state index in [0.29, 0.717) is 5.92 Å². The van der Waals surface area contributed by atoms with Gasteiger partial charge in [0.15, 0.2) is 0 Å². The van der Waals surface area contributed by atoms with Crippen molar-refractivity contribution in [2.24, 2.45) is 0 Å². The van der Waals surface area contributed by atoms with Crippen LogP contribution < -0.4 is 3.58 Å². The molecule has 2 aromatic carbocycles. The van der Waals surface area contributed by atoms with Gasteiger partial charge in [0.25, 0.3) is 0 Å². The molecule has 87 valence electrons. The summed E-state index contributed by atoms with van der Waals surface area (Å²) in [6, 6.07) is 22.0. The molecule has 1 unspecified atom stereocenters. The average molecular weight is 330 g/mol. The third-order valence-corrected chi connectivity index (χ3v) is 10.5. The Morgan fingerprint density at radius 3 is 2.00 bits per heavy atom. The summed E-state index contributed by atoms with van der Waals surface area (Å²) in [5, 5.41) is 0. The molecule has 1 atom stereocenters. The molecule has 17 heavy (non-hydrogen) atoms. The van der Waals surface area contributed by atoms with Crippen LogP contribution >= 0.6 is 0 Å². The van der Waals surface area contributed by atoms with Gasteiger partial charge in [-0.15, -0.1) is 0 Å². The van der Waals surface area contributed by atoms with Gasteiger partial charge in [0.2, 0.25) is 0 Å². The van der Waals surface area contributed by atoms with E-state index in [-0.39, 0.29) is 0 Å². The van der Waals surface area contributed by atoms with E-state index >= 15 is 0 Å². The average Bonchev–Trinajstić information content (AvgIpc) is 2.40. The molecule has 0 nitrogen and oxygen atoms in total. The molecule has 0 saturated carbocycles. The summed E-state index contributed by atoms with van der Waals surface area (Å²) in [6.07, 6.45) is 0. The molecule has 0 N–H and O–H groups in total. The number of hydrogen-bond donors (Lipinski definition) is 0. The molecule has 0 heterocycles. The van der Waals surface area contributed by atoms with Crippen LogP contribution in [0, 0.1) is 0 Å². The zero-order chi connectivity index (χ0) is 12.1. The van der Waals surface area contributed by atoms with E-state index in [1.165, 1.54) is 10.0 Å². The zero-order valence-electron chi connectivity index (χ0n) is 10.6. The predicted octanol–water partition coefficient (Wildman–Crippen LogP) is 3.82. The van der Waals surface area contributed by atoms with Gasteiger partial charge in [0, 0.05) is 0 Å². The Morgan fingerprint density at radius 1 is 0.882 bits per heavy atom. The van der Waals surface area contributed by atoms with Crippen LogP contribution in [0.5, 0.6) is 0 Å². The Balaban J connectivity index is 2.02. The SMILES string of the molecule is CC([CH2][Sn]([CH3])[c]1ccccc1)c1ccccc1. The summed E-state index contributed by atoms with van der Waals surface area (Å²) in [7, 11) is 0. The van der Waals surface area contributed by atoms with Crippen molar-refractivity contribution in [3.05, 3.63) is 66.2 Å². The fourth-order valence-corrected chi connectivity index (χ4v) is 8.34. The summed E-state index contributed by atoms with van der Waals surface area (Å²) >= 11 is -1.37. The standard InChI is InChI=1S/C9H11.C6H5.CH3.Sn/c1-8(2)9-6-4-3-5-7-9;1-2-4-6-5-3-1;;/h3-8H,1H2,2H3;1-5H;1H3;. The van der Waals surface area contributed by atoms with Crippen molar-refractivity contribution in [3.8, 4) is 0 Å². The van der Waals surface area contributed by atoms with E-state index in [1.54, 1.807) is 3.58 Å². The summed E-state index contributed by atoms with van der Waals surface area (Å²) in [4.78, 5) is 2.51. The summed E-state index contributed by atoms with van der Waals surface area (Å²) in [5.41, 5.74) is 1.49. The maximum absolute atomic E-state index is 2.51. The topological polar surface area (TPSA) is 0 Å². The van der Waals surface area contributed by atoms with Crippen LogP contribution in [-0.4, -0.2) is 19.8 Å². The normalized spacial score (nSPS) is 12.6. The van der Waals surface area contributed by atoms with Gasteiger partial charge in [-0.25, -0.2) is 0 Å². The molecule has 0 bridgehead atoms. The molecule has 1 heteroatoms. The van der Waals surface area contributed by atoms with Crippen LogP contribution in [0.3, 0.4) is 0 Å². The van der Waals surface area contributed by atoms with Gasteiger partial charge in [-0.3, -0.25) is 0 Å². The first-order valence-corrected chi connectivity index (χ1v) is 12.5. The van der Waals surface area contributed by atoms with Crippen LogP contribution in [-0.2, 0) is 0 Å². The van der Waals surface area contributed by atoms with E-state index in [2.05, 4.69) is 72.5 Å². The van der Waals surface area contributed by atoms with Gasteiger partial charge in [-0.05, 0) is 0 Å². The van der Waals surface area contributed by atoms with Crippen molar-refractivity contribution in [1.29, 1.82) is 0 Å². The van der Waals surface area contributed by atoms with Gasteiger partial charge in [0.05, 0.1) is 0 Å². The zero-order valence-corrected chi connectivity index (χ0v) is 13.4. The minimum atomic E-state index is -1.37. The fourth-order valence-electron chi connectivity index (χ4n) is 2.20. The van der Waals surface area contributed by atoms with Gasteiger partial charge in [0.1, 0.15) is 0 Å². The number of hydrogen-bond acceptors (Lipinski definition) is 0. The van der Waals surface area contributed by atoms with Crippen molar-refractivity contribution in [2.75, 3.05) is 0 Å². The van der Waals surface area contributed by atoms with Crippen molar-refractivity contribution in [3.63, 3.8) is 0 Å². The summed E-state index contributed by atoms with van der Waals surface area (Å²) in [5.74, 6) is 0.704. The van der Waals surface area contributed by atoms with Crippen LogP contribution in [0.4, 0.5) is 0 Å². The fraction of sp³-hybridized carbons (Fsp3) is 0.250. The van der Waals surface area contributed by atoms with Crippen LogP contribution in [0.1, 0.15) is 18.4 Å². The van der Waals surface area contributed by atoms with Gasteiger partial charge >= 0.3 is 112 Å². The Hall–Kier alpha value is -0.761. The molecule has 0 aromatic heterocycles. The van der Waals surface area contributed by atoms with E-state index in [9.17, 15) is 0 Å². The van der Waals surface area contributed by atoms with Crippen LogP contribution in [0.2, 0.25) is 9.38 Å². The van der Waals surface area contributed by atoms with Gasteiger partial charge in [-0.2, -0.15) is 0 Å². The minimum absolute atomic E-state index is 0.704. The van der Waals surface area contributed by atoms with Crippen molar-refractivity contribution in [2.45, 2.75) is 22.2 Å². The number of benzene rings is 2. The molecule has 0 fully saturated rings. The molecule has 2 aromatic rings. The molecule has 0 amide bonds. The van der Waals surface area contributed by atoms with Gasteiger partial charge in [-0.1, -0.05) is 0 Å². The third kappa shape index (κ3) is 3.60. The Morgan fingerprint density at radius 2 is 1.41 bits per heavy atom. The maximum atomic E-state index is 2.51. The van der Waals surface area contributed by atoms with Crippen molar-refractivity contribution in [1.82, 2.24) is 0 Å². The molecule has 2 rings (SSSR count). The molecule has 1 radical (unpaired) electrons. The first kappa shape index (κ1) is 12.7. The molecule has 0 saturated heterocycles. The molecule has 0 aliphatic heterocycles. The number of rotatable bonds is 4. The second kappa shape index (κ2) is 6.25. The Kier molecular flexibility index (Phi) is 4.66. The van der Waals surface area contributed by atoms with Gasteiger partial charge < -0.3 is 0 Å². The van der Waals surface area contributed by atoms with Crippen LogP contribution in [0.25, 0.3) is 0 Å². The molecule has 0 aliphatic carbocycles. The van der Waals surface area contributed by atoms with E-state index in [0.717, 1.165) is 0 Å². The second-order valence-electron chi connectivity index (χ2n) is 4.66. The Bertz CT molecular complexity index is 392. The van der Waals surface area contributed by atoms with E-state index < -0.39 is 19.8 Å². The third-order valence-electron chi connectivity index (χ3n) is 3.25. The summed E-state index contributed by atoms with van der Waals surface area (Å²) in [6.45, 7) is 2.36. The molecule has 0 spiro atoms. The van der Waals surface area contributed by atoms with Crippen LogP contribution in [0.15, 0.2) is 60.7 Å². The van der Waals surface area contributed by atoms with E-state index in [4.69, 9.17) is 0 Å². The summed E-state index contributed by atoms with van der Waals surface area (Å²) < 4.78 is 3.04. The second-order valence-corrected chi connectivity index (χ2v) is 11.9. The molecular weight excluding hydrogens is 311 g/mol. The predicted molar refractivity (Wildman–Crippen MR) is 77.4 cm³/mol. The Labute approximate surface area is 111 Å². The van der Waals surface area contributed by atoms with Crippen molar-refractivity contribution < 1.29 is 0 Å². The van der Waals surface area contributed by atoms with E-state index in [1.807, 2.05) is 0 Å². The molecular formula is C16H19Sn. The quantitative estimate of drug-likeness (QED) is 0.748. The van der Waals surface area contributed by atoms with Crippen molar-refractivity contribution >= 4 is 23.3 Å². The monoisotopic (exact) mass is 331 g/mol. The first-order valence-electron chi connectivity index (χ1n) is 6.20. The first-order chi connectivity index (χ1) is 8.27. The molecule has 0 aliphatic rings.